The number of hydrogen-bond acceptors (Lipinski definition) is 5. The molecule has 1 saturated heterocycles. The van der Waals surface area contributed by atoms with Gasteiger partial charge in [0.05, 0.1) is 11.2 Å². The quantitative estimate of drug-likeness (QED) is 0.866. The molecule has 19 heavy (non-hydrogen) atoms. The summed E-state index contributed by atoms with van der Waals surface area (Å²) < 4.78 is 9.21. The van der Waals surface area contributed by atoms with Gasteiger partial charge in [0.15, 0.2) is 0 Å². The Morgan fingerprint density at radius 3 is 2.79 bits per heavy atom. The van der Waals surface area contributed by atoms with Crippen molar-refractivity contribution in [3.63, 3.8) is 0 Å². The third kappa shape index (κ3) is 3.24. The Balaban J connectivity index is 2.13. The first-order chi connectivity index (χ1) is 9.08. The van der Waals surface area contributed by atoms with Gasteiger partial charge in [0, 0.05) is 19.1 Å². The molecule has 2 rings (SSSR count). The first-order valence-electron chi connectivity index (χ1n) is 6.36. The highest BCUT2D eigenvalue weighted by Gasteiger charge is 2.34. The maximum Gasteiger partial charge on any atom is 0.265 e. The molecule has 0 unspecified atom stereocenters. The van der Waals surface area contributed by atoms with Crippen LogP contribution in [0.25, 0.3) is 0 Å². The van der Waals surface area contributed by atoms with E-state index in [1.165, 1.54) is 0 Å². The van der Waals surface area contributed by atoms with E-state index in [0.29, 0.717) is 24.0 Å². The number of rotatable bonds is 4. The Morgan fingerprint density at radius 2 is 2.21 bits per heavy atom. The lowest BCUT2D eigenvalue weighted by Crippen LogP contribution is -2.53. The molecule has 0 aliphatic carbocycles. The van der Waals surface area contributed by atoms with E-state index in [0.717, 1.165) is 30.1 Å². The van der Waals surface area contributed by atoms with Crippen LogP contribution in [0.15, 0.2) is 0 Å². The molecule has 1 aliphatic rings. The molecule has 0 atom stereocenters. The van der Waals surface area contributed by atoms with Crippen LogP contribution in [0.4, 0.5) is 0 Å². The molecule has 1 aromatic rings. The van der Waals surface area contributed by atoms with Crippen molar-refractivity contribution in [1.29, 1.82) is 0 Å². The lowest BCUT2D eigenvalue weighted by Gasteiger charge is -2.36. The predicted octanol–water partition coefficient (Wildman–Crippen LogP) is 2.18. The average Bonchev–Trinajstić information content (AvgIpc) is 2.89. The van der Waals surface area contributed by atoms with Gasteiger partial charge in [-0.1, -0.05) is 18.3 Å². The van der Waals surface area contributed by atoms with Crippen LogP contribution in [0.2, 0.25) is 0 Å². The molecule has 1 N–H and O–H groups in total. The minimum absolute atomic E-state index is 0.124. The van der Waals surface area contributed by atoms with Gasteiger partial charge in [0.25, 0.3) is 5.91 Å². The van der Waals surface area contributed by atoms with Gasteiger partial charge in [-0.2, -0.15) is 0 Å². The number of carbonyl (C=O) groups is 1. The lowest BCUT2D eigenvalue weighted by molar-refractivity contribution is 0.0434. The molecular formula is C12H18ClN3O2S. The Kier molecular flexibility index (Phi) is 4.76. The van der Waals surface area contributed by atoms with Crippen molar-refractivity contribution in [2.24, 2.45) is 0 Å². The summed E-state index contributed by atoms with van der Waals surface area (Å²) in [6.07, 6.45) is 1.48. The summed E-state index contributed by atoms with van der Waals surface area (Å²) in [5.41, 5.74) is 0.383. The molecule has 1 fully saturated rings. The van der Waals surface area contributed by atoms with Gasteiger partial charge in [0.1, 0.15) is 4.88 Å². The van der Waals surface area contributed by atoms with Crippen LogP contribution in [0.1, 0.15) is 48.0 Å². The largest absolute Gasteiger partial charge is 0.381 e. The third-order valence-corrected chi connectivity index (χ3v) is 4.60. The number of carbonyl (C=O) groups excluding carboxylic acids is 1. The van der Waals surface area contributed by atoms with E-state index in [1.54, 1.807) is 0 Å². The van der Waals surface area contributed by atoms with Gasteiger partial charge in [0.2, 0.25) is 0 Å². The summed E-state index contributed by atoms with van der Waals surface area (Å²) in [6, 6.07) is 0. The molecule has 0 radical (unpaired) electrons. The average molecular weight is 304 g/mol. The van der Waals surface area contributed by atoms with E-state index >= 15 is 0 Å². The normalized spacial score (nSPS) is 18.5. The molecule has 2 heterocycles. The zero-order chi connectivity index (χ0) is 13.9. The summed E-state index contributed by atoms with van der Waals surface area (Å²) in [4.78, 5) is 13.0. The van der Waals surface area contributed by atoms with Crippen molar-refractivity contribution < 1.29 is 9.53 Å². The van der Waals surface area contributed by atoms with E-state index in [-0.39, 0.29) is 17.4 Å². The van der Waals surface area contributed by atoms with Crippen molar-refractivity contribution in [2.75, 3.05) is 19.1 Å². The molecule has 0 spiro atoms. The maximum absolute atomic E-state index is 12.4. The SMILES string of the molecule is CC(C)c1nnsc1C(=O)NC1(CCl)CCOCC1. The topological polar surface area (TPSA) is 64.1 Å². The monoisotopic (exact) mass is 303 g/mol. The number of aromatic nitrogens is 2. The second-order valence-corrected chi connectivity index (χ2v) is 6.14. The third-order valence-electron chi connectivity index (χ3n) is 3.35. The van der Waals surface area contributed by atoms with Crippen LogP contribution in [-0.4, -0.2) is 40.1 Å². The number of nitrogens with zero attached hydrogens (tertiary/aromatic N) is 2. The molecular weight excluding hydrogens is 286 g/mol. The van der Waals surface area contributed by atoms with E-state index in [2.05, 4.69) is 14.9 Å². The molecule has 0 aromatic carbocycles. The standard InChI is InChI=1S/C12H18ClN3O2S/c1-8(2)9-10(19-16-15-9)11(17)14-12(7-13)3-5-18-6-4-12/h8H,3-7H2,1-2H3,(H,14,17). The Hall–Kier alpha value is -0.720. The maximum atomic E-state index is 12.4. The number of halogens is 1. The van der Waals surface area contributed by atoms with Crippen molar-refractivity contribution in [2.45, 2.75) is 38.1 Å². The van der Waals surface area contributed by atoms with Crippen LogP contribution in [-0.2, 0) is 4.74 Å². The van der Waals surface area contributed by atoms with Gasteiger partial charge in [-0.3, -0.25) is 4.79 Å². The van der Waals surface area contributed by atoms with Crippen LogP contribution in [0.5, 0.6) is 0 Å². The van der Waals surface area contributed by atoms with Gasteiger partial charge in [-0.05, 0) is 30.3 Å². The fourth-order valence-corrected chi connectivity index (χ4v) is 3.13. The van der Waals surface area contributed by atoms with E-state index in [4.69, 9.17) is 16.3 Å². The predicted molar refractivity (Wildman–Crippen MR) is 75.0 cm³/mol. The van der Waals surface area contributed by atoms with Gasteiger partial charge in [-0.25, -0.2) is 0 Å². The summed E-state index contributed by atoms with van der Waals surface area (Å²) in [7, 11) is 0. The zero-order valence-electron chi connectivity index (χ0n) is 11.1. The number of alkyl halides is 1. The Bertz CT molecular complexity index is 444. The highest BCUT2D eigenvalue weighted by molar-refractivity contribution is 7.08. The summed E-state index contributed by atoms with van der Waals surface area (Å²) >= 11 is 7.18. The molecule has 1 amide bonds. The zero-order valence-corrected chi connectivity index (χ0v) is 12.7. The number of hydrogen-bond donors (Lipinski definition) is 1. The fraction of sp³-hybridized carbons (Fsp3) is 0.750. The van der Waals surface area contributed by atoms with Crippen LogP contribution in [0.3, 0.4) is 0 Å². The highest BCUT2D eigenvalue weighted by atomic mass is 35.5. The van der Waals surface area contributed by atoms with E-state index < -0.39 is 0 Å². The van der Waals surface area contributed by atoms with Crippen molar-refractivity contribution in [3.8, 4) is 0 Å². The molecule has 0 bridgehead atoms. The molecule has 5 nitrogen and oxygen atoms in total. The fourth-order valence-electron chi connectivity index (χ4n) is 2.08. The molecule has 1 aliphatic heterocycles. The van der Waals surface area contributed by atoms with Gasteiger partial charge in [-0.15, -0.1) is 16.7 Å². The first kappa shape index (κ1) is 14.7. The Labute approximate surface area is 121 Å². The Morgan fingerprint density at radius 1 is 1.53 bits per heavy atom. The van der Waals surface area contributed by atoms with Crippen LogP contribution in [0, 0.1) is 0 Å². The minimum Gasteiger partial charge on any atom is -0.381 e. The smallest absolute Gasteiger partial charge is 0.265 e. The first-order valence-corrected chi connectivity index (χ1v) is 7.67. The molecule has 0 saturated carbocycles. The van der Waals surface area contributed by atoms with Crippen molar-refractivity contribution in [3.05, 3.63) is 10.6 Å². The molecule has 106 valence electrons. The molecule has 1 aromatic heterocycles. The number of amides is 1. The highest BCUT2D eigenvalue weighted by Crippen LogP contribution is 2.25. The number of nitrogens with one attached hydrogen (secondary N) is 1. The van der Waals surface area contributed by atoms with Gasteiger partial charge >= 0.3 is 0 Å². The van der Waals surface area contributed by atoms with Crippen molar-refractivity contribution in [1.82, 2.24) is 14.9 Å². The van der Waals surface area contributed by atoms with E-state index in [1.807, 2.05) is 13.8 Å². The second kappa shape index (κ2) is 6.15. The van der Waals surface area contributed by atoms with Crippen LogP contribution >= 0.6 is 23.1 Å². The second-order valence-electron chi connectivity index (χ2n) is 5.12. The van der Waals surface area contributed by atoms with E-state index in [9.17, 15) is 4.79 Å². The van der Waals surface area contributed by atoms with Crippen LogP contribution < -0.4 is 5.32 Å². The summed E-state index contributed by atoms with van der Waals surface area (Å²) in [5.74, 6) is 0.452. The lowest BCUT2D eigenvalue weighted by atomic mass is 9.92. The van der Waals surface area contributed by atoms with Gasteiger partial charge < -0.3 is 10.1 Å². The summed E-state index contributed by atoms with van der Waals surface area (Å²) in [5, 5.41) is 7.09. The molecule has 7 heteroatoms. The summed E-state index contributed by atoms with van der Waals surface area (Å²) in [6.45, 7) is 5.26. The minimum atomic E-state index is -0.366. The number of ether oxygens (including phenoxy) is 1. The van der Waals surface area contributed by atoms with Crippen molar-refractivity contribution >= 4 is 29.0 Å².